The molecule has 0 fully saturated rings. The topological polar surface area (TPSA) is 61.1 Å². The second kappa shape index (κ2) is 7.63. The van der Waals surface area contributed by atoms with Crippen LogP contribution in [0.2, 0.25) is 0 Å². The van der Waals surface area contributed by atoms with Crippen molar-refractivity contribution < 1.29 is 13.9 Å². The zero-order valence-electron chi connectivity index (χ0n) is 16.0. The molecule has 0 spiro atoms. The average Bonchev–Trinajstić information content (AvgIpc) is 3.38. The van der Waals surface area contributed by atoms with Crippen LogP contribution < -0.4 is 10.1 Å². The Kier molecular flexibility index (Phi) is 4.87. The van der Waals surface area contributed by atoms with Crippen molar-refractivity contribution in [1.29, 1.82) is 0 Å². The molecular weight excluding hydrogens is 371 g/mol. The molecule has 0 unspecified atom stereocenters. The third-order valence-corrected chi connectivity index (χ3v) is 4.51. The van der Waals surface area contributed by atoms with E-state index < -0.39 is 0 Å². The number of hydrogen-bond donors (Lipinski definition) is 1. The van der Waals surface area contributed by atoms with Crippen molar-refractivity contribution in [1.82, 2.24) is 14.3 Å². The van der Waals surface area contributed by atoms with Crippen LogP contribution in [0.5, 0.6) is 5.75 Å². The van der Waals surface area contributed by atoms with Gasteiger partial charge in [0.1, 0.15) is 17.1 Å². The summed E-state index contributed by atoms with van der Waals surface area (Å²) in [7, 11) is 1.55. The Balaban J connectivity index is 1.77. The average molecular weight is 390 g/mol. The normalized spacial score (nSPS) is 10.7. The second-order valence-corrected chi connectivity index (χ2v) is 6.52. The Morgan fingerprint density at radius 1 is 1.10 bits per heavy atom. The monoisotopic (exact) mass is 390 g/mol. The van der Waals surface area contributed by atoms with Gasteiger partial charge in [-0.25, -0.2) is 9.07 Å². The highest BCUT2D eigenvalue weighted by Gasteiger charge is 2.21. The summed E-state index contributed by atoms with van der Waals surface area (Å²) < 4.78 is 22.1. The number of methoxy groups -OCH3 is 1. The fourth-order valence-corrected chi connectivity index (χ4v) is 3.11. The first-order chi connectivity index (χ1) is 14.1. The SMILES string of the molecule is COc1ccc(C)cc1NC(=O)c1cnn(-c2ccc(F)cc2)c1-n1cccc1. The molecule has 6 nitrogen and oxygen atoms in total. The van der Waals surface area contributed by atoms with Crippen LogP contribution in [0.1, 0.15) is 15.9 Å². The molecule has 1 N–H and O–H groups in total. The number of nitrogens with one attached hydrogen (secondary N) is 1. The van der Waals surface area contributed by atoms with Crippen LogP contribution in [0.4, 0.5) is 10.1 Å². The Morgan fingerprint density at radius 3 is 2.52 bits per heavy atom. The molecule has 0 saturated heterocycles. The first-order valence-electron chi connectivity index (χ1n) is 9.00. The van der Waals surface area contributed by atoms with Crippen LogP contribution in [0.3, 0.4) is 0 Å². The van der Waals surface area contributed by atoms with Gasteiger partial charge in [-0.3, -0.25) is 4.79 Å². The highest BCUT2D eigenvalue weighted by molar-refractivity contribution is 6.07. The Bertz CT molecular complexity index is 1150. The van der Waals surface area contributed by atoms with Gasteiger partial charge in [0, 0.05) is 12.4 Å². The van der Waals surface area contributed by atoms with Crippen molar-refractivity contribution in [3.05, 3.63) is 90.1 Å². The lowest BCUT2D eigenvalue weighted by molar-refractivity contribution is 0.102. The maximum absolute atomic E-state index is 13.3. The number of ether oxygens (including phenoxy) is 1. The van der Waals surface area contributed by atoms with Gasteiger partial charge in [-0.1, -0.05) is 6.07 Å². The van der Waals surface area contributed by atoms with E-state index in [0.717, 1.165) is 5.56 Å². The molecule has 4 rings (SSSR count). The summed E-state index contributed by atoms with van der Waals surface area (Å²) in [4.78, 5) is 13.1. The van der Waals surface area contributed by atoms with Crippen molar-refractivity contribution >= 4 is 11.6 Å². The molecule has 0 aliphatic carbocycles. The van der Waals surface area contributed by atoms with Crippen LogP contribution in [0.15, 0.2) is 73.2 Å². The Hall–Kier alpha value is -3.87. The Morgan fingerprint density at radius 2 is 1.83 bits per heavy atom. The maximum atomic E-state index is 13.3. The van der Waals surface area contributed by atoms with Crippen molar-refractivity contribution in [2.45, 2.75) is 6.92 Å². The summed E-state index contributed by atoms with van der Waals surface area (Å²) in [5.41, 5.74) is 2.58. The molecule has 7 heteroatoms. The highest BCUT2D eigenvalue weighted by atomic mass is 19.1. The fourth-order valence-electron chi connectivity index (χ4n) is 3.11. The van der Waals surface area contributed by atoms with Crippen molar-refractivity contribution in [2.75, 3.05) is 12.4 Å². The zero-order valence-corrected chi connectivity index (χ0v) is 16.0. The van der Waals surface area contributed by atoms with Crippen LogP contribution in [-0.4, -0.2) is 27.4 Å². The molecule has 0 atom stereocenters. The lowest BCUT2D eigenvalue weighted by Crippen LogP contribution is -2.16. The summed E-state index contributed by atoms with van der Waals surface area (Å²) in [6.45, 7) is 1.94. The predicted molar refractivity (Wildman–Crippen MR) is 109 cm³/mol. The maximum Gasteiger partial charge on any atom is 0.261 e. The van der Waals surface area contributed by atoms with Gasteiger partial charge in [-0.2, -0.15) is 5.10 Å². The van der Waals surface area contributed by atoms with Crippen LogP contribution >= 0.6 is 0 Å². The summed E-state index contributed by atoms with van der Waals surface area (Å²) >= 11 is 0. The van der Waals surface area contributed by atoms with Gasteiger partial charge in [-0.15, -0.1) is 0 Å². The molecule has 0 bridgehead atoms. The minimum atomic E-state index is -0.340. The number of benzene rings is 2. The van der Waals surface area contributed by atoms with E-state index in [2.05, 4.69) is 10.4 Å². The highest BCUT2D eigenvalue weighted by Crippen LogP contribution is 2.27. The number of nitrogens with zero attached hydrogens (tertiary/aromatic N) is 3. The molecule has 2 aromatic carbocycles. The number of halogens is 1. The molecule has 146 valence electrons. The number of carbonyl (C=O) groups excluding carboxylic acids is 1. The first-order valence-corrected chi connectivity index (χ1v) is 9.00. The van der Waals surface area contributed by atoms with Gasteiger partial charge in [0.25, 0.3) is 5.91 Å². The molecule has 29 heavy (non-hydrogen) atoms. The minimum absolute atomic E-state index is 0.328. The number of rotatable bonds is 5. The number of anilines is 1. The molecule has 1 amide bonds. The van der Waals surface area contributed by atoms with Crippen molar-refractivity contribution in [3.63, 3.8) is 0 Å². The van der Waals surface area contributed by atoms with Gasteiger partial charge in [0.15, 0.2) is 5.82 Å². The van der Waals surface area contributed by atoms with E-state index >= 15 is 0 Å². The summed E-state index contributed by atoms with van der Waals surface area (Å²) in [6.07, 6.45) is 5.14. The molecule has 0 aliphatic rings. The summed E-state index contributed by atoms with van der Waals surface area (Å²) in [5, 5.41) is 7.28. The van der Waals surface area contributed by atoms with E-state index in [1.165, 1.54) is 18.3 Å². The van der Waals surface area contributed by atoms with E-state index in [1.807, 2.05) is 43.6 Å². The quantitative estimate of drug-likeness (QED) is 0.550. The number of aromatic nitrogens is 3. The number of aryl methyl sites for hydroxylation is 1. The van der Waals surface area contributed by atoms with E-state index in [1.54, 1.807) is 34.6 Å². The van der Waals surface area contributed by atoms with Crippen LogP contribution in [-0.2, 0) is 0 Å². The predicted octanol–water partition coefficient (Wildman–Crippen LogP) is 4.37. The largest absolute Gasteiger partial charge is 0.495 e. The minimum Gasteiger partial charge on any atom is -0.495 e. The van der Waals surface area contributed by atoms with E-state index in [-0.39, 0.29) is 11.7 Å². The van der Waals surface area contributed by atoms with E-state index in [0.29, 0.717) is 28.5 Å². The molecule has 2 aromatic heterocycles. The summed E-state index contributed by atoms with van der Waals surface area (Å²) in [6, 6.07) is 15.2. The van der Waals surface area contributed by atoms with Crippen LogP contribution in [0.25, 0.3) is 11.5 Å². The number of amides is 1. The van der Waals surface area contributed by atoms with Crippen molar-refractivity contribution in [3.8, 4) is 17.3 Å². The molecule has 0 saturated carbocycles. The molecule has 0 radical (unpaired) electrons. The fraction of sp³-hybridized carbons (Fsp3) is 0.0909. The van der Waals surface area contributed by atoms with Crippen LogP contribution in [0, 0.1) is 12.7 Å². The third kappa shape index (κ3) is 3.62. The van der Waals surface area contributed by atoms with Gasteiger partial charge >= 0.3 is 0 Å². The Labute approximate surface area is 167 Å². The number of carbonyl (C=O) groups is 1. The molecule has 4 aromatic rings. The van der Waals surface area contributed by atoms with E-state index in [4.69, 9.17) is 4.74 Å². The molecular formula is C22H19FN4O2. The zero-order chi connectivity index (χ0) is 20.4. The van der Waals surface area contributed by atoms with Gasteiger partial charge in [-0.05, 0) is 61.0 Å². The second-order valence-electron chi connectivity index (χ2n) is 6.52. The van der Waals surface area contributed by atoms with Crippen molar-refractivity contribution in [2.24, 2.45) is 0 Å². The third-order valence-electron chi connectivity index (χ3n) is 4.51. The van der Waals surface area contributed by atoms with Gasteiger partial charge in [0.2, 0.25) is 0 Å². The van der Waals surface area contributed by atoms with Gasteiger partial charge in [0.05, 0.1) is 24.7 Å². The van der Waals surface area contributed by atoms with Gasteiger partial charge < -0.3 is 14.6 Å². The summed E-state index contributed by atoms with van der Waals surface area (Å²) in [5.74, 6) is 0.446. The number of hydrogen-bond acceptors (Lipinski definition) is 3. The van der Waals surface area contributed by atoms with E-state index in [9.17, 15) is 9.18 Å². The lowest BCUT2D eigenvalue weighted by atomic mass is 10.2. The standard InChI is InChI=1S/C22H19FN4O2/c1-15-5-10-20(29-2)19(13-15)25-21(28)18-14-24-27(17-8-6-16(23)7-9-17)22(18)26-11-3-4-12-26/h3-14H,1-2H3,(H,25,28). The molecule has 2 heterocycles. The lowest BCUT2D eigenvalue weighted by Gasteiger charge is -2.13. The smallest absolute Gasteiger partial charge is 0.261 e. The molecule has 0 aliphatic heterocycles. The first kappa shape index (κ1) is 18.5.